The fourth-order valence-corrected chi connectivity index (χ4v) is 2.88. The first-order valence-corrected chi connectivity index (χ1v) is 7.67. The van der Waals surface area contributed by atoms with Crippen LogP contribution in [0.5, 0.6) is 0 Å². The van der Waals surface area contributed by atoms with Gasteiger partial charge in [0, 0.05) is 0 Å². The number of hydrogen-bond acceptors (Lipinski definition) is 1. The van der Waals surface area contributed by atoms with E-state index in [1.807, 2.05) is 7.05 Å². The maximum atomic E-state index is 3.45. The highest BCUT2D eigenvalue weighted by Crippen LogP contribution is 2.27. The monoisotopic (exact) mass is 281 g/mol. The second-order valence-electron chi connectivity index (χ2n) is 7.01. The third kappa shape index (κ3) is 3.74. The highest BCUT2D eigenvalue weighted by atomic mass is 14.9. The van der Waals surface area contributed by atoms with Crippen molar-refractivity contribution in [1.82, 2.24) is 5.32 Å². The Morgan fingerprint density at radius 1 is 0.810 bits per heavy atom. The number of nitrogens with one attached hydrogen (secondary N) is 1. The molecular formula is C20H27N. The largest absolute Gasteiger partial charge is 0.309 e. The van der Waals surface area contributed by atoms with E-state index in [4.69, 9.17) is 0 Å². The number of rotatable bonds is 3. The van der Waals surface area contributed by atoms with E-state index in [9.17, 15) is 0 Å². The maximum Gasteiger partial charge on any atom is 0.0574 e. The summed E-state index contributed by atoms with van der Waals surface area (Å²) in [6.45, 7) is 11.1. The molecule has 0 saturated heterocycles. The zero-order chi connectivity index (χ0) is 15.6. The fraction of sp³-hybridized carbons (Fsp3) is 0.400. The Morgan fingerprint density at radius 3 is 1.76 bits per heavy atom. The Bertz CT molecular complexity index is 582. The molecule has 21 heavy (non-hydrogen) atoms. The average molecular weight is 281 g/mol. The molecule has 1 N–H and O–H groups in total. The lowest BCUT2D eigenvalue weighted by Crippen LogP contribution is -2.18. The fourth-order valence-electron chi connectivity index (χ4n) is 2.88. The molecule has 0 aliphatic carbocycles. The summed E-state index contributed by atoms with van der Waals surface area (Å²) in [7, 11) is 2.03. The van der Waals surface area contributed by atoms with Crippen LogP contribution in [0, 0.1) is 13.8 Å². The van der Waals surface area contributed by atoms with Gasteiger partial charge in [-0.3, -0.25) is 0 Å². The van der Waals surface area contributed by atoms with Crippen LogP contribution in [0.4, 0.5) is 0 Å². The molecule has 112 valence electrons. The van der Waals surface area contributed by atoms with Gasteiger partial charge in [0.2, 0.25) is 0 Å². The second-order valence-corrected chi connectivity index (χ2v) is 7.01. The van der Waals surface area contributed by atoms with Gasteiger partial charge in [-0.05, 0) is 43.0 Å². The van der Waals surface area contributed by atoms with Crippen LogP contribution in [0.2, 0.25) is 0 Å². The molecule has 0 saturated carbocycles. The van der Waals surface area contributed by atoms with Crippen LogP contribution in [-0.2, 0) is 5.41 Å². The van der Waals surface area contributed by atoms with Crippen molar-refractivity contribution < 1.29 is 0 Å². The molecule has 0 radical (unpaired) electrons. The van der Waals surface area contributed by atoms with E-state index in [-0.39, 0.29) is 11.5 Å². The van der Waals surface area contributed by atoms with Crippen molar-refractivity contribution in [1.29, 1.82) is 0 Å². The predicted molar refractivity (Wildman–Crippen MR) is 92.0 cm³/mol. The van der Waals surface area contributed by atoms with Crippen molar-refractivity contribution in [3.8, 4) is 0 Å². The molecule has 1 nitrogen and oxygen atoms in total. The molecule has 0 aromatic heterocycles. The molecule has 0 heterocycles. The molecule has 0 amide bonds. The van der Waals surface area contributed by atoms with Gasteiger partial charge in [0.15, 0.2) is 0 Å². The molecule has 0 spiro atoms. The van der Waals surface area contributed by atoms with Crippen molar-refractivity contribution in [2.75, 3.05) is 7.05 Å². The van der Waals surface area contributed by atoms with Crippen LogP contribution in [0.1, 0.15) is 54.6 Å². The van der Waals surface area contributed by atoms with Gasteiger partial charge in [-0.2, -0.15) is 0 Å². The molecule has 0 bridgehead atoms. The molecule has 0 aliphatic rings. The van der Waals surface area contributed by atoms with E-state index in [1.165, 1.54) is 27.8 Å². The number of benzene rings is 2. The predicted octanol–water partition coefficient (Wildman–Crippen LogP) is 4.91. The quantitative estimate of drug-likeness (QED) is 0.843. The van der Waals surface area contributed by atoms with Crippen molar-refractivity contribution >= 4 is 0 Å². The molecule has 1 heteroatoms. The standard InChI is InChI=1S/C20H27N/c1-14-11-15(2)13-17(12-14)19(21-6)16-7-9-18(10-8-16)20(3,4)5/h7-13,19,21H,1-6H3. The summed E-state index contributed by atoms with van der Waals surface area (Å²) in [5, 5.41) is 3.45. The second kappa shape index (κ2) is 6.03. The molecular weight excluding hydrogens is 254 g/mol. The van der Waals surface area contributed by atoms with Crippen molar-refractivity contribution in [2.24, 2.45) is 0 Å². The van der Waals surface area contributed by atoms with Crippen molar-refractivity contribution in [3.05, 3.63) is 70.3 Å². The zero-order valence-corrected chi connectivity index (χ0v) is 14.1. The summed E-state index contributed by atoms with van der Waals surface area (Å²) in [5.74, 6) is 0. The molecule has 1 unspecified atom stereocenters. The van der Waals surface area contributed by atoms with Crippen molar-refractivity contribution in [3.63, 3.8) is 0 Å². The lowest BCUT2D eigenvalue weighted by Gasteiger charge is -2.22. The Labute approximate surface area is 129 Å². The lowest BCUT2D eigenvalue weighted by atomic mass is 9.85. The molecule has 0 aliphatic heterocycles. The summed E-state index contributed by atoms with van der Waals surface area (Å²) >= 11 is 0. The number of aryl methyl sites for hydroxylation is 2. The Kier molecular flexibility index (Phi) is 4.53. The minimum atomic E-state index is 0.202. The van der Waals surface area contributed by atoms with Crippen LogP contribution in [0.25, 0.3) is 0 Å². The minimum absolute atomic E-state index is 0.202. The SMILES string of the molecule is CNC(c1ccc(C(C)(C)C)cc1)c1cc(C)cc(C)c1. The van der Waals surface area contributed by atoms with Gasteiger partial charge in [-0.15, -0.1) is 0 Å². The Balaban J connectivity index is 2.37. The normalized spacial score (nSPS) is 13.2. The van der Waals surface area contributed by atoms with E-state index < -0.39 is 0 Å². The highest BCUT2D eigenvalue weighted by Gasteiger charge is 2.16. The molecule has 2 aromatic rings. The van der Waals surface area contributed by atoms with Gasteiger partial charge in [0.05, 0.1) is 6.04 Å². The van der Waals surface area contributed by atoms with Crippen molar-refractivity contribution in [2.45, 2.75) is 46.1 Å². The third-order valence-corrected chi connectivity index (χ3v) is 3.98. The van der Waals surface area contributed by atoms with Crippen LogP contribution in [0.15, 0.2) is 42.5 Å². The Hall–Kier alpha value is -1.60. The van der Waals surface area contributed by atoms with Crippen LogP contribution >= 0.6 is 0 Å². The van der Waals surface area contributed by atoms with Gasteiger partial charge in [0.1, 0.15) is 0 Å². The van der Waals surface area contributed by atoms with Gasteiger partial charge in [0.25, 0.3) is 0 Å². The van der Waals surface area contributed by atoms with Gasteiger partial charge in [-0.1, -0.05) is 74.4 Å². The Morgan fingerprint density at radius 2 is 1.33 bits per heavy atom. The summed E-state index contributed by atoms with van der Waals surface area (Å²) in [4.78, 5) is 0. The maximum absolute atomic E-state index is 3.45. The first kappa shape index (κ1) is 15.8. The number of hydrogen-bond donors (Lipinski definition) is 1. The molecule has 2 aromatic carbocycles. The van der Waals surface area contributed by atoms with E-state index >= 15 is 0 Å². The summed E-state index contributed by atoms with van der Waals surface area (Å²) < 4.78 is 0. The lowest BCUT2D eigenvalue weighted by molar-refractivity contribution is 0.589. The van der Waals surface area contributed by atoms with Crippen LogP contribution in [0.3, 0.4) is 0 Å². The topological polar surface area (TPSA) is 12.0 Å². The molecule has 2 rings (SSSR count). The van der Waals surface area contributed by atoms with E-state index in [2.05, 4.69) is 82.4 Å². The average Bonchev–Trinajstić information content (AvgIpc) is 2.38. The highest BCUT2D eigenvalue weighted by molar-refractivity contribution is 5.38. The van der Waals surface area contributed by atoms with E-state index in [0.29, 0.717) is 0 Å². The molecule has 1 atom stereocenters. The summed E-state index contributed by atoms with van der Waals surface area (Å²) in [5.41, 5.74) is 6.86. The first-order chi connectivity index (χ1) is 9.81. The van der Waals surface area contributed by atoms with E-state index in [1.54, 1.807) is 0 Å². The van der Waals surface area contributed by atoms with Gasteiger partial charge >= 0.3 is 0 Å². The van der Waals surface area contributed by atoms with Crippen LogP contribution in [-0.4, -0.2) is 7.05 Å². The first-order valence-electron chi connectivity index (χ1n) is 7.67. The summed E-state index contributed by atoms with van der Waals surface area (Å²) in [6, 6.07) is 16.0. The summed E-state index contributed by atoms with van der Waals surface area (Å²) in [6.07, 6.45) is 0. The zero-order valence-electron chi connectivity index (χ0n) is 14.1. The van der Waals surface area contributed by atoms with Gasteiger partial charge < -0.3 is 5.32 Å². The third-order valence-electron chi connectivity index (χ3n) is 3.98. The minimum Gasteiger partial charge on any atom is -0.309 e. The van der Waals surface area contributed by atoms with E-state index in [0.717, 1.165) is 0 Å². The van der Waals surface area contributed by atoms with Crippen LogP contribution < -0.4 is 5.32 Å². The van der Waals surface area contributed by atoms with Gasteiger partial charge in [-0.25, -0.2) is 0 Å². The smallest absolute Gasteiger partial charge is 0.0574 e. The molecule has 0 fully saturated rings.